The maximum absolute atomic E-state index is 14.4. The summed E-state index contributed by atoms with van der Waals surface area (Å²) in [6.07, 6.45) is 0.586. The van der Waals surface area contributed by atoms with Crippen LogP contribution in [0.2, 0.25) is 0 Å². The minimum absolute atomic E-state index is 0.0277. The van der Waals surface area contributed by atoms with Crippen molar-refractivity contribution in [1.82, 2.24) is 25.3 Å². The van der Waals surface area contributed by atoms with Gasteiger partial charge < -0.3 is 20.1 Å². The molecular formula is C18H20F2N6O2S. The smallest absolute Gasteiger partial charge is 0.426 e. The SMILES string of the molecule is CC(C)(O)C(F)(F)Oc1ccc(-n2ccnn2)c2nc(N3CC4CC(C3)N4)sc12. The largest absolute Gasteiger partial charge is 0.429 e. The van der Waals surface area contributed by atoms with E-state index in [1.807, 2.05) is 0 Å². The van der Waals surface area contributed by atoms with Crippen molar-refractivity contribution >= 4 is 26.7 Å². The molecule has 3 aromatic rings. The summed E-state index contributed by atoms with van der Waals surface area (Å²) in [5.41, 5.74) is -1.21. The van der Waals surface area contributed by atoms with E-state index in [0.29, 0.717) is 28.0 Å². The van der Waals surface area contributed by atoms with Gasteiger partial charge in [-0.15, -0.1) is 5.10 Å². The van der Waals surface area contributed by atoms with Crippen molar-refractivity contribution in [2.75, 3.05) is 18.0 Å². The van der Waals surface area contributed by atoms with Crippen molar-refractivity contribution in [1.29, 1.82) is 0 Å². The molecule has 8 nitrogen and oxygen atoms in total. The van der Waals surface area contributed by atoms with Gasteiger partial charge in [-0.2, -0.15) is 8.78 Å². The predicted molar refractivity (Wildman–Crippen MR) is 104 cm³/mol. The number of alkyl halides is 2. The first-order chi connectivity index (χ1) is 13.7. The Morgan fingerprint density at radius 3 is 2.62 bits per heavy atom. The van der Waals surface area contributed by atoms with Gasteiger partial charge in [0.2, 0.25) is 0 Å². The number of fused-ring (bicyclic) bond motifs is 3. The third-order valence-corrected chi connectivity index (χ3v) is 6.42. The summed E-state index contributed by atoms with van der Waals surface area (Å²) in [7, 11) is 0. The number of thiazole rings is 1. The molecule has 2 atom stereocenters. The van der Waals surface area contributed by atoms with E-state index in [9.17, 15) is 13.9 Å². The second-order valence-corrected chi connectivity index (χ2v) is 8.96. The number of piperazine rings is 1. The van der Waals surface area contributed by atoms with Gasteiger partial charge in [0.25, 0.3) is 0 Å². The Bertz CT molecular complexity index is 1030. The van der Waals surface area contributed by atoms with Crippen LogP contribution in [-0.2, 0) is 0 Å². The second kappa shape index (κ2) is 6.31. The molecule has 0 radical (unpaired) electrons. The lowest BCUT2D eigenvalue weighted by Crippen LogP contribution is -2.67. The molecule has 0 saturated carbocycles. The average molecular weight is 422 g/mol. The number of hydrogen-bond acceptors (Lipinski definition) is 8. The summed E-state index contributed by atoms with van der Waals surface area (Å²) < 4.78 is 35.8. The summed E-state index contributed by atoms with van der Waals surface area (Å²) in [4.78, 5) is 6.91. The minimum Gasteiger partial charge on any atom is -0.429 e. The van der Waals surface area contributed by atoms with Crippen LogP contribution in [0.15, 0.2) is 24.5 Å². The number of rotatable bonds is 5. The Hall–Kier alpha value is -2.37. The molecule has 11 heteroatoms. The summed E-state index contributed by atoms with van der Waals surface area (Å²) in [6, 6.07) is 3.94. The molecule has 2 unspecified atom stereocenters. The topological polar surface area (TPSA) is 88.3 Å². The Kier molecular flexibility index (Phi) is 4.06. The summed E-state index contributed by atoms with van der Waals surface area (Å²) >= 11 is 1.30. The van der Waals surface area contributed by atoms with E-state index >= 15 is 0 Å². The maximum Gasteiger partial charge on any atom is 0.426 e. The number of aromatic nitrogens is 4. The lowest BCUT2D eigenvalue weighted by molar-refractivity contribution is -0.275. The monoisotopic (exact) mass is 422 g/mol. The van der Waals surface area contributed by atoms with Gasteiger partial charge in [-0.05, 0) is 32.4 Å². The van der Waals surface area contributed by atoms with E-state index < -0.39 is 11.7 Å². The van der Waals surface area contributed by atoms with Gasteiger partial charge in [-0.3, -0.25) is 0 Å². The molecule has 3 aliphatic rings. The average Bonchev–Trinajstić information content (AvgIpc) is 3.30. The highest BCUT2D eigenvalue weighted by atomic mass is 32.1. The number of aliphatic hydroxyl groups is 1. The number of hydrogen-bond donors (Lipinski definition) is 2. The van der Waals surface area contributed by atoms with Crippen molar-refractivity contribution < 1.29 is 18.6 Å². The molecule has 2 N–H and O–H groups in total. The molecule has 154 valence electrons. The highest BCUT2D eigenvalue weighted by Gasteiger charge is 2.49. The van der Waals surface area contributed by atoms with E-state index in [2.05, 4.69) is 20.5 Å². The quantitative estimate of drug-likeness (QED) is 0.652. The van der Waals surface area contributed by atoms with Crippen LogP contribution in [0, 0.1) is 0 Å². The molecule has 5 heterocycles. The van der Waals surface area contributed by atoms with E-state index in [1.165, 1.54) is 23.6 Å². The summed E-state index contributed by atoms with van der Waals surface area (Å²) in [5, 5.41) is 21.8. The zero-order valence-electron chi connectivity index (χ0n) is 15.8. The Morgan fingerprint density at radius 2 is 2.00 bits per heavy atom. The Morgan fingerprint density at radius 1 is 1.28 bits per heavy atom. The first kappa shape index (κ1) is 18.6. The predicted octanol–water partition coefficient (Wildman–Crippen LogP) is 2.17. The highest BCUT2D eigenvalue weighted by Crippen LogP contribution is 2.42. The van der Waals surface area contributed by atoms with Crippen molar-refractivity contribution in [3.63, 3.8) is 0 Å². The van der Waals surface area contributed by atoms with E-state index in [-0.39, 0.29) is 5.75 Å². The zero-order valence-corrected chi connectivity index (χ0v) is 16.7. The number of nitrogens with zero attached hydrogens (tertiary/aromatic N) is 5. The Balaban J connectivity index is 1.60. The fraction of sp³-hybridized carbons (Fsp3) is 0.500. The number of anilines is 1. The molecule has 0 spiro atoms. The number of piperidine rings is 1. The molecule has 3 aliphatic heterocycles. The van der Waals surface area contributed by atoms with Crippen molar-refractivity contribution in [2.45, 2.75) is 44.1 Å². The van der Waals surface area contributed by atoms with Gasteiger partial charge in [0.15, 0.2) is 10.7 Å². The Labute approximate surface area is 169 Å². The van der Waals surface area contributed by atoms with Gasteiger partial charge in [-0.1, -0.05) is 16.6 Å². The van der Waals surface area contributed by atoms with Gasteiger partial charge in [0.1, 0.15) is 16.0 Å². The van der Waals surface area contributed by atoms with E-state index in [0.717, 1.165) is 38.5 Å². The third-order valence-electron chi connectivity index (χ3n) is 5.29. The molecule has 2 aromatic heterocycles. The van der Waals surface area contributed by atoms with Crippen LogP contribution in [0.25, 0.3) is 15.9 Å². The van der Waals surface area contributed by atoms with Crippen LogP contribution >= 0.6 is 11.3 Å². The van der Waals surface area contributed by atoms with Gasteiger partial charge >= 0.3 is 6.11 Å². The molecule has 1 aromatic carbocycles. The minimum atomic E-state index is -3.77. The van der Waals surface area contributed by atoms with Crippen molar-refractivity contribution in [3.05, 3.63) is 24.5 Å². The zero-order chi connectivity index (χ0) is 20.4. The first-order valence-corrected chi connectivity index (χ1v) is 10.1. The number of ether oxygens (including phenoxy) is 1. The standard InChI is InChI=1S/C18H20F2N6O2S/c1-17(2,27)18(19,20)28-13-4-3-12(26-6-5-21-24-26)14-15(13)29-16(23-14)25-8-10-7-11(9-25)22-10/h3-6,10-11,22,27H,7-9H2,1-2H3. The third kappa shape index (κ3) is 3.13. The molecular weight excluding hydrogens is 402 g/mol. The summed E-state index contributed by atoms with van der Waals surface area (Å²) in [5.74, 6) is -0.0277. The van der Waals surface area contributed by atoms with Gasteiger partial charge in [-0.25, -0.2) is 9.67 Å². The van der Waals surface area contributed by atoms with Crippen LogP contribution in [0.5, 0.6) is 5.75 Å². The molecule has 3 saturated heterocycles. The number of nitrogens with one attached hydrogen (secondary N) is 1. The van der Waals surface area contributed by atoms with Crippen LogP contribution < -0.4 is 15.0 Å². The van der Waals surface area contributed by atoms with Crippen LogP contribution in [0.3, 0.4) is 0 Å². The lowest BCUT2D eigenvalue weighted by Gasteiger charge is -2.48. The van der Waals surface area contributed by atoms with Crippen molar-refractivity contribution in [3.8, 4) is 11.4 Å². The van der Waals surface area contributed by atoms with Crippen LogP contribution in [0.1, 0.15) is 20.3 Å². The van der Waals surface area contributed by atoms with Gasteiger partial charge in [0.05, 0.1) is 18.1 Å². The summed E-state index contributed by atoms with van der Waals surface area (Å²) in [6.45, 7) is 3.67. The maximum atomic E-state index is 14.4. The van der Waals surface area contributed by atoms with E-state index in [4.69, 9.17) is 9.72 Å². The first-order valence-electron chi connectivity index (χ1n) is 9.32. The molecule has 2 bridgehead atoms. The van der Waals surface area contributed by atoms with Gasteiger partial charge in [0, 0.05) is 25.2 Å². The van der Waals surface area contributed by atoms with Crippen LogP contribution in [-0.4, -0.2) is 62.0 Å². The van der Waals surface area contributed by atoms with Crippen molar-refractivity contribution in [2.24, 2.45) is 0 Å². The molecule has 3 fully saturated rings. The normalized spacial score (nSPS) is 22.0. The molecule has 29 heavy (non-hydrogen) atoms. The molecule has 6 rings (SSSR count). The number of benzene rings is 1. The second-order valence-electron chi connectivity index (χ2n) is 7.98. The number of halogens is 2. The lowest BCUT2D eigenvalue weighted by atomic mass is 9.92. The fourth-order valence-electron chi connectivity index (χ4n) is 3.63. The highest BCUT2D eigenvalue weighted by molar-refractivity contribution is 7.22. The van der Waals surface area contributed by atoms with Crippen LogP contribution in [0.4, 0.5) is 13.9 Å². The molecule has 0 aliphatic carbocycles. The fourth-order valence-corrected chi connectivity index (χ4v) is 4.68. The molecule has 0 amide bonds. The van der Waals surface area contributed by atoms with E-state index in [1.54, 1.807) is 16.9 Å².